The molecule has 0 fully saturated rings. The number of methoxy groups -OCH3 is 1. The van der Waals surface area contributed by atoms with Crippen LogP contribution in [0.5, 0.6) is 0 Å². The van der Waals surface area contributed by atoms with Crippen molar-refractivity contribution in [1.29, 1.82) is 0 Å². The molecule has 106 valence electrons. The van der Waals surface area contributed by atoms with E-state index in [9.17, 15) is 19.2 Å². The highest BCUT2D eigenvalue weighted by Crippen LogP contribution is 2.02. The smallest absolute Gasteiger partial charge is 0.334 e. The summed E-state index contributed by atoms with van der Waals surface area (Å²) in [6.45, 7) is 2.20. The van der Waals surface area contributed by atoms with E-state index in [0.29, 0.717) is 0 Å². The second-order valence-electron chi connectivity index (χ2n) is 3.58. The van der Waals surface area contributed by atoms with Crippen LogP contribution in [0.2, 0.25) is 0 Å². The zero-order valence-corrected chi connectivity index (χ0v) is 10.7. The van der Waals surface area contributed by atoms with Crippen molar-refractivity contribution < 1.29 is 33.8 Å². The first-order valence-corrected chi connectivity index (χ1v) is 5.15. The van der Waals surface area contributed by atoms with E-state index in [0.717, 1.165) is 12.0 Å². The number of likely N-dealkylation sites (N-methyl/N-ethyl adjacent to an activating group) is 1. The van der Waals surface area contributed by atoms with Gasteiger partial charge >= 0.3 is 17.9 Å². The van der Waals surface area contributed by atoms with E-state index in [2.05, 4.69) is 16.1 Å². The Labute approximate surface area is 109 Å². The van der Waals surface area contributed by atoms with Crippen LogP contribution < -0.4 is 0 Å². The van der Waals surface area contributed by atoms with Gasteiger partial charge in [0, 0.05) is 12.6 Å². The van der Waals surface area contributed by atoms with Gasteiger partial charge < -0.3 is 19.5 Å². The van der Waals surface area contributed by atoms with Crippen molar-refractivity contribution in [2.45, 2.75) is 6.42 Å². The number of aliphatic carboxylic acids is 1. The lowest BCUT2D eigenvalue weighted by molar-refractivity contribution is -0.151. The standard InChI is InChI=1S/C11H15NO7/c1-7(4-10(16)18-3)11(17)19-6-8(13)12(2)5-9(14)15/h1,4-6H2,2-3H3,(H,14,15). The molecule has 0 atom stereocenters. The van der Waals surface area contributed by atoms with Crippen molar-refractivity contribution >= 4 is 23.8 Å². The van der Waals surface area contributed by atoms with Crippen LogP contribution in [0.3, 0.4) is 0 Å². The summed E-state index contributed by atoms with van der Waals surface area (Å²) in [7, 11) is 2.42. The topological polar surface area (TPSA) is 110 Å². The van der Waals surface area contributed by atoms with Gasteiger partial charge in [0.25, 0.3) is 5.91 Å². The van der Waals surface area contributed by atoms with Gasteiger partial charge in [-0.2, -0.15) is 0 Å². The molecule has 8 nitrogen and oxygen atoms in total. The summed E-state index contributed by atoms with van der Waals surface area (Å²) in [4.78, 5) is 44.8. The highest BCUT2D eigenvalue weighted by Gasteiger charge is 2.17. The molecule has 0 aliphatic rings. The van der Waals surface area contributed by atoms with Crippen LogP contribution in [0.15, 0.2) is 12.2 Å². The van der Waals surface area contributed by atoms with Crippen LogP contribution >= 0.6 is 0 Å². The van der Waals surface area contributed by atoms with Crippen LogP contribution in [-0.2, 0) is 28.7 Å². The highest BCUT2D eigenvalue weighted by molar-refractivity contribution is 5.94. The van der Waals surface area contributed by atoms with Crippen LogP contribution in [-0.4, -0.2) is 61.1 Å². The Balaban J connectivity index is 4.15. The lowest BCUT2D eigenvalue weighted by Crippen LogP contribution is -2.35. The molecule has 0 aromatic carbocycles. The van der Waals surface area contributed by atoms with E-state index < -0.39 is 37.0 Å². The van der Waals surface area contributed by atoms with E-state index in [1.165, 1.54) is 7.05 Å². The molecule has 0 aliphatic carbocycles. The van der Waals surface area contributed by atoms with Crippen LogP contribution in [0.1, 0.15) is 6.42 Å². The minimum Gasteiger partial charge on any atom is -0.480 e. The minimum absolute atomic E-state index is 0.152. The Morgan fingerprint density at radius 1 is 1.26 bits per heavy atom. The molecule has 0 radical (unpaired) electrons. The number of carbonyl (C=O) groups is 4. The third-order valence-electron chi connectivity index (χ3n) is 2.00. The Hall–Kier alpha value is -2.38. The van der Waals surface area contributed by atoms with Crippen molar-refractivity contribution in [3.63, 3.8) is 0 Å². The first kappa shape index (κ1) is 16.6. The first-order valence-electron chi connectivity index (χ1n) is 5.15. The van der Waals surface area contributed by atoms with E-state index >= 15 is 0 Å². The summed E-state index contributed by atoms with van der Waals surface area (Å²) in [5.74, 6) is -3.43. The number of amides is 1. The first-order chi connectivity index (χ1) is 8.77. The van der Waals surface area contributed by atoms with Crippen molar-refractivity contribution in [2.24, 2.45) is 0 Å². The zero-order chi connectivity index (χ0) is 15.0. The van der Waals surface area contributed by atoms with E-state index in [-0.39, 0.29) is 12.0 Å². The van der Waals surface area contributed by atoms with Crippen molar-refractivity contribution in [2.75, 3.05) is 27.3 Å². The number of nitrogens with zero attached hydrogens (tertiary/aromatic N) is 1. The molecule has 0 saturated carbocycles. The number of rotatable bonds is 7. The third-order valence-corrected chi connectivity index (χ3v) is 2.00. The van der Waals surface area contributed by atoms with Gasteiger partial charge in [0.15, 0.2) is 6.61 Å². The number of carboxylic acid groups (broad SMARTS) is 1. The number of carbonyl (C=O) groups excluding carboxylic acids is 3. The molecule has 1 N–H and O–H groups in total. The van der Waals surface area contributed by atoms with Gasteiger partial charge in [-0.05, 0) is 0 Å². The van der Waals surface area contributed by atoms with Crippen molar-refractivity contribution in [3.05, 3.63) is 12.2 Å². The molecule has 0 spiro atoms. The van der Waals surface area contributed by atoms with Gasteiger partial charge in [-0.25, -0.2) is 4.79 Å². The fourth-order valence-electron chi connectivity index (χ4n) is 0.949. The predicted molar refractivity (Wildman–Crippen MR) is 62.0 cm³/mol. The van der Waals surface area contributed by atoms with Gasteiger partial charge in [-0.15, -0.1) is 0 Å². The fraction of sp³-hybridized carbons (Fsp3) is 0.455. The second-order valence-corrected chi connectivity index (χ2v) is 3.58. The molecule has 8 heteroatoms. The Morgan fingerprint density at radius 3 is 2.32 bits per heavy atom. The molecule has 0 bridgehead atoms. The molecule has 0 rings (SSSR count). The van der Waals surface area contributed by atoms with Crippen molar-refractivity contribution in [3.8, 4) is 0 Å². The molecular formula is C11H15NO7. The Morgan fingerprint density at radius 2 is 1.84 bits per heavy atom. The zero-order valence-electron chi connectivity index (χ0n) is 10.7. The summed E-state index contributed by atoms with van der Waals surface area (Å²) < 4.78 is 8.91. The van der Waals surface area contributed by atoms with Gasteiger partial charge in [0.1, 0.15) is 6.54 Å². The second kappa shape index (κ2) is 7.85. The average molecular weight is 273 g/mol. The number of ether oxygens (including phenoxy) is 2. The molecule has 0 aromatic rings. The minimum atomic E-state index is -1.18. The molecule has 1 amide bonds. The Bertz CT molecular complexity index is 402. The molecule has 0 aliphatic heterocycles. The van der Waals surface area contributed by atoms with Gasteiger partial charge in [-0.3, -0.25) is 14.4 Å². The molecule has 0 aromatic heterocycles. The van der Waals surface area contributed by atoms with E-state index in [1.54, 1.807) is 0 Å². The van der Waals surface area contributed by atoms with Crippen LogP contribution in [0, 0.1) is 0 Å². The number of esters is 2. The average Bonchev–Trinajstić information content (AvgIpc) is 2.34. The Kier molecular flexibility index (Phi) is 6.87. The van der Waals surface area contributed by atoms with E-state index in [1.807, 2.05) is 0 Å². The van der Waals surface area contributed by atoms with Crippen LogP contribution in [0.25, 0.3) is 0 Å². The van der Waals surface area contributed by atoms with Crippen molar-refractivity contribution in [1.82, 2.24) is 4.90 Å². The highest BCUT2D eigenvalue weighted by atomic mass is 16.5. The van der Waals surface area contributed by atoms with E-state index in [4.69, 9.17) is 5.11 Å². The maximum atomic E-state index is 11.3. The lowest BCUT2D eigenvalue weighted by Gasteiger charge is -2.14. The summed E-state index contributed by atoms with van der Waals surface area (Å²) in [6.07, 6.45) is -0.339. The summed E-state index contributed by atoms with van der Waals surface area (Å²) in [6, 6.07) is 0. The summed E-state index contributed by atoms with van der Waals surface area (Å²) >= 11 is 0. The monoisotopic (exact) mass is 273 g/mol. The number of hydrogen-bond acceptors (Lipinski definition) is 6. The largest absolute Gasteiger partial charge is 0.480 e. The third kappa shape index (κ3) is 6.81. The van der Waals surface area contributed by atoms with Gasteiger partial charge in [0.05, 0.1) is 13.5 Å². The summed E-state index contributed by atoms with van der Waals surface area (Å²) in [5.41, 5.74) is -0.152. The quantitative estimate of drug-likeness (QED) is 0.477. The van der Waals surface area contributed by atoms with Gasteiger partial charge in [-0.1, -0.05) is 6.58 Å². The molecule has 0 heterocycles. The predicted octanol–water partition coefficient (Wildman–Crippen LogP) is -0.808. The molecule has 0 saturated heterocycles. The molecular weight excluding hydrogens is 258 g/mol. The maximum absolute atomic E-state index is 11.3. The number of hydrogen-bond donors (Lipinski definition) is 1. The molecule has 19 heavy (non-hydrogen) atoms. The SMILES string of the molecule is C=C(CC(=O)OC)C(=O)OCC(=O)N(C)CC(=O)O. The molecule has 0 unspecified atom stereocenters. The normalized spacial score (nSPS) is 9.37. The number of carboxylic acids is 1. The maximum Gasteiger partial charge on any atom is 0.334 e. The summed E-state index contributed by atoms with van der Waals surface area (Å²) in [5, 5.41) is 8.46. The van der Waals surface area contributed by atoms with Gasteiger partial charge in [0.2, 0.25) is 0 Å². The van der Waals surface area contributed by atoms with Crippen LogP contribution in [0.4, 0.5) is 0 Å². The lowest BCUT2D eigenvalue weighted by atomic mass is 10.2. The fourth-order valence-corrected chi connectivity index (χ4v) is 0.949.